The van der Waals surface area contributed by atoms with Gasteiger partial charge in [0.15, 0.2) is 0 Å². The molecule has 3 saturated heterocycles. The standard InChI is InChI=1S/C17H37N7O4/c1-10(7-27-3)19-4-5-23(2)6-11-13(25)14(26)17(28-11)24-9-22-12-15(18)20-8-21-16(12)24/h10-17,19-22,25-26H,4-9,18H2,1-3H3/t10?,11-,12?,13-,14-,15?,16?,17-/m1/s1. The summed E-state index contributed by atoms with van der Waals surface area (Å²) >= 11 is 0. The molecule has 0 aromatic heterocycles. The lowest BCUT2D eigenvalue weighted by atomic mass is 10.1. The van der Waals surface area contributed by atoms with Gasteiger partial charge in [0, 0.05) is 39.5 Å². The van der Waals surface area contributed by atoms with Crippen molar-refractivity contribution in [3.05, 3.63) is 0 Å². The maximum atomic E-state index is 10.6. The molecule has 0 bridgehead atoms. The van der Waals surface area contributed by atoms with Crippen LogP contribution >= 0.6 is 0 Å². The van der Waals surface area contributed by atoms with E-state index in [9.17, 15) is 10.2 Å². The van der Waals surface area contributed by atoms with Gasteiger partial charge in [-0.1, -0.05) is 0 Å². The van der Waals surface area contributed by atoms with Crippen molar-refractivity contribution in [2.75, 3.05) is 53.7 Å². The van der Waals surface area contributed by atoms with Gasteiger partial charge in [0.25, 0.3) is 0 Å². The molecule has 4 unspecified atom stereocenters. The third-order valence-electron chi connectivity index (χ3n) is 5.80. The number of ether oxygens (including phenoxy) is 2. The van der Waals surface area contributed by atoms with Crippen LogP contribution in [0.15, 0.2) is 0 Å². The predicted molar refractivity (Wildman–Crippen MR) is 104 cm³/mol. The highest BCUT2D eigenvalue weighted by Gasteiger charge is 2.51. The Morgan fingerprint density at radius 2 is 2.11 bits per heavy atom. The molecule has 3 rings (SSSR count). The summed E-state index contributed by atoms with van der Waals surface area (Å²) in [6.07, 6.45) is -3.14. The van der Waals surface area contributed by atoms with Crippen LogP contribution in [0.1, 0.15) is 6.92 Å². The first kappa shape index (κ1) is 22.2. The zero-order valence-corrected chi connectivity index (χ0v) is 17.0. The highest BCUT2D eigenvalue weighted by Crippen LogP contribution is 2.28. The van der Waals surface area contributed by atoms with Crippen LogP contribution in [-0.4, -0.2) is 123 Å². The van der Waals surface area contributed by atoms with Gasteiger partial charge >= 0.3 is 0 Å². The highest BCUT2D eigenvalue weighted by atomic mass is 16.6. The minimum absolute atomic E-state index is 0.0172. The third-order valence-corrected chi connectivity index (χ3v) is 5.80. The van der Waals surface area contributed by atoms with Gasteiger partial charge in [-0.25, -0.2) is 4.90 Å². The molecule has 11 heteroatoms. The largest absolute Gasteiger partial charge is 0.387 e. The van der Waals surface area contributed by atoms with E-state index in [0.29, 0.717) is 26.5 Å². The molecule has 3 fully saturated rings. The Kier molecular flexibility index (Phi) is 7.98. The van der Waals surface area contributed by atoms with E-state index in [4.69, 9.17) is 15.2 Å². The van der Waals surface area contributed by atoms with Gasteiger partial charge in [-0.2, -0.15) is 0 Å². The normalized spacial score (nSPS) is 40.2. The molecular weight excluding hydrogens is 366 g/mol. The van der Waals surface area contributed by atoms with Crippen LogP contribution in [0.25, 0.3) is 0 Å². The van der Waals surface area contributed by atoms with Gasteiger partial charge < -0.3 is 35.6 Å². The quantitative estimate of drug-likeness (QED) is 0.203. The van der Waals surface area contributed by atoms with Crippen molar-refractivity contribution in [1.29, 1.82) is 0 Å². The number of fused-ring (bicyclic) bond motifs is 1. The van der Waals surface area contributed by atoms with Crippen LogP contribution in [0.3, 0.4) is 0 Å². The number of hydrogen-bond acceptors (Lipinski definition) is 11. The van der Waals surface area contributed by atoms with Crippen molar-refractivity contribution in [1.82, 2.24) is 31.1 Å². The Morgan fingerprint density at radius 3 is 2.86 bits per heavy atom. The smallest absolute Gasteiger partial charge is 0.142 e. The first-order valence-corrected chi connectivity index (χ1v) is 10.1. The average Bonchev–Trinajstić information content (AvgIpc) is 3.19. The molecule has 0 saturated carbocycles. The minimum Gasteiger partial charge on any atom is -0.387 e. The summed E-state index contributed by atoms with van der Waals surface area (Å²) in [5, 5.41) is 34.4. The van der Waals surface area contributed by atoms with E-state index in [1.54, 1.807) is 7.11 Å². The van der Waals surface area contributed by atoms with Crippen molar-refractivity contribution in [3.63, 3.8) is 0 Å². The molecular formula is C17H37N7O4. The maximum Gasteiger partial charge on any atom is 0.142 e. The molecule has 0 amide bonds. The molecule has 0 aliphatic carbocycles. The zero-order chi connectivity index (χ0) is 20.3. The Morgan fingerprint density at radius 1 is 1.32 bits per heavy atom. The first-order chi connectivity index (χ1) is 13.4. The lowest BCUT2D eigenvalue weighted by Gasteiger charge is -2.38. The maximum absolute atomic E-state index is 10.6. The molecule has 0 aromatic carbocycles. The monoisotopic (exact) mass is 403 g/mol. The first-order valence-electron chi connectivity index (χ1n) is 10.1. The minimum atomic E-state index is -0.966. The zero-order valence-electron chi connectivity index (χ0n) is 17.0. The molecule has 0 aromatic rings. The SMILES string of the molecule is COCC(C)NCCN(C)C[C@H]1O[C@@H](N2CNC3C(N)NCNC32)[C@H](O)[C@@H]1O. The van der Waals surface area contributed by atoms with E-state index in [-0.39, 0.29) is 24.4 Å². The fraction of sp³-hybridized carbons (Fsp3) is 1.00. The van der Waals surface area contributed by atoms with Crippen molar-refractivity contribution >= 4 is 0 Å². The summed E-state index contributed by atoms with van der Waals surface area (Å²) in [5.74, 6) is 0. The number of aliphatic hydroxyl groups is 2. The van der Waals surface area contributed by atoms with Crippen LogP contribution in [0.2, 0.25) is 0 Å². The summed E-state index contributed by atoms with van der Waals surface area (Å²) in [6.45, 7) is 6.03. The van der Waals surface area contributed by atoms with Crippen LogP contribution in [0.5, 0.6) is 0 Å². The van der Waals surface area contributed by atoms with Gasteiger partial charge in [-0.05, 0) is 14.0 Å². The van der Waals surface area contributed by atoms with Gasteiger partial charge in [0.2, 0.25) is 0 Å². The molecule has 3 aliphatic rings. The summed E-state index contributed by atoms with van der Waals surface area (Å²) in [5.41, 5.74) is 6.11. The molecule has 3 heterocycles. The second-order valence-corrected chi connectivity index (χ2v) is 8.08. The van der Waals surface area contributed by atoms with Crippen LogP contribution in [-0.2, 0) is 9.47 Å². The van der Waals surface area contributed by atoms with E-state index in [1.165, 1.54) is 0 Å². The van der Waals surface area contributed by atoms with Crippen LogP contribution in [0.4, 0.5) is 0 Å². The summed E-state index contributed by atoms with van der Waals surface area (Å²) in [4.78, 5) is 4.10. The van der Waals surface area contributed by atoms with Crippen molar-refractivity contribution in [3.8, 4) is 0 Å². The van der Waals surface area contributed by atoms with E-state index < -0.39 is 24.5 Å². The summed E-state index contributed by atoms with van der Waals surface area (Å²) in [6, 6.07) is 0.306. The number of rotatable bonds is 9. The number of nitrogens with one attached hydrogen (secondary N) is 4. The highest BCUT2D eigenvalue weighted by molar-refractivity contribution is 5.01. The predicted octanol–water partition coefficient (Wildman–Crippen LogP) is -4.02. The number of methoxy groups -OCH3 is 1. The van der Waals surface area contributed by atoms with E-state index >= 15 is 0 Å². The Balaban J connectivity index is 1.49. The van der Waals surface area contributed by atoms with Crippen LogP contribution in [0, 0.1) is 0 Å². The number of likely N-dealkylation sites (N-methyl/N-ethyl adjacent to an activating group) is 1. The van der Waals surface area contributed by atoms with E-state index in [2.05, 4.69) is 33.1 Å². The Labute approximate surface area is 166 Å². The van der Waals surface area contributed by atoms with E-state index in [0.717, 1.165) is 13.1 Å². The number of nitrogens with zero attached hydrogens (tertiary/aromatic N) is 2. The summed E-state index contributed by atoms with van der Waals surface area (Å²) in [7, 11) is 3.68. The van der Waals surface area contributed by atoms with Crippen molar-refractivity contribution in [2.24, 2.45) is 5.73 Å². The van der Waals surface area contributed by atoms with Gasteiger partial charge in [-0.15, -0.1) is 0 Å². The molecule has 11 nitrogen and oxygen atoms in total. The molecule has 28 heavy (non-hydrogen) atoms. The molecule has 8 N–H and O–H groups in total. The second-order valence-electron chi connectivity index (χ2n) is 8.08. The lowest BCUT2D eigenvalue weighted by Crippen LogP contribution is -2.68. The fourth-order valence-corrected chi connectivity index (χ4v) is 4.21. The Hall–Kier alpha value is -0.440. The lowest BCUT2D eigenvalue weighted by molar-refractivity contribution is -0.106. The summed E-state index contributed by atoms with van der Waals surface area (Å²) < 4.78 is 11.2. The molecule has 0 spiro atoms. The topological polar surface area (TPSA) is 140 Å². The second kappa shape index (κ2) is 10.0. The van der Waals surface area contributed by atoms with Crippen LogP contribution < -0.4 is 27.0 Å². The molecule has 3 aliphatic heterocycles. The Bertz CT molecular complexity index is 490. The number of hydrogen-bond donors (Lipinski definition) is 7. The van der Waals surface area contributed by atoms with Gasteiger partial charge in [0.1, 0.15) is 24.5 Å². The fourth-order valence-electron chi connectivity index (χ4n) is 4.21. The molecule has 8 atom stereocenters. The van der Waals surface area contributed by atoms with Gasteiger partial charge in [0.05, 0.1) is 31.6 Å². The van der Waals surface area contributed by atoms with Crippen molar-refractivity contribution in [2.45, 2.75) is 55.9 Å². The van der Waals surface area contributed by atoms with Gasteiger partial charge in [-0.3, -0.25) is 16.0 Å². The average molecular weight is 404 g/mol. The molecule has 0 radical (unpaired) electrons. The third kappa shape index (κ3) is 4.99. The van der Waals surface area contributed by atoms with E-state index in [1.807, 2.05) is 11.9 Å². The van der Waals surface area contributed by atoms with Crippen molar-refractivity contribution < 1.29 is 19.7 Å². The number of nitrogens with two attached hydrogens (primary N) is 1. The number of aliphatic hydroxyl groups excluding tert-OH is 2. The molecule has 164 valence electrons.